The average Bonchev–Trinajstić information content (AvgIpc) is 2.43. The van der Waals surface area contributed by atoms with Gasteiger partial charge in [0.15, 0.2) is 0 Å². The fraction of sp³-hybridized carbons (Fsp3) is 0.600. The van der Waals surface area contributed by atoms with Crippen LogP contribution in [0.3, 0.4) is 0 Å². The molecule has 21 heavy (non-hydrogen) atoms. The monoisotopic (exact) mass is 313 g/mol. The molecule has 2 N–H and O–H groups in total. The summed E-state index contributed by atoms with van der Waals surface area (Å²) in [4.78, 5) is 0.189. The minimum absolute atomic E-state index is 0.0659. The maximum absolute atomic E-state index is 12.5. The Hall–Kier alpha value is -0.950. The molecule has 0 amide bonds. The first-order chi connectivity index (χ1) is 9.72. The highest BCUT2D eigenvalue weighted by molar-refractivity contribution is 7.89. The van der Waals surface area contributed by atoms with Crippen LogP contribution in [-0.4, -0.2) is 32.8 Å². The molecule has 2 unspecified atom stereocenters. The van der Waals surface area contributed by atoms with E-state index in [1.54, 1.807) is 19.2 Å². The molecule has 0 aliphatic heterocycles. The second-order valence-electron chi connectivity index (χ2n) is 6.20. The zero-order valence-electron chi connectivity index (χ0n) is 12.9. The molecule has 1 aromatic carbocycles. The van der Waals surface area contributed by atoms with Gasteiger partial charge < -0.3 is 9.84 Å². The number of nitrogens with one attached hydrogen (secondary N) is 1. The molecule has 0 saturated heterocycles. The van der Waals surface area contributed by atoms with Crippen LogP contribution in [0.2, 0.25) is 0 Å². The molecular weight excluding hydrogens is 290 g/mol. The van der Waals surface area contributed by atoms with Crippen LogP contribution in [0.15, 0.2) is 23.1 Å². The van der Waals surface area contributed by atoms with Crippen molar-refractivity contribution >= 4 is 10.0 Å². The van der Waals surface area contributed by atoms with Crippen LogP contribution in [-0.2, 0) is 21.4 Å². The van der Waals surface area contributed by atoms with E-state index in [2.05, 4.69) is 4.72 Å². The number of aliphatic hydroxyl groups excluding tert-OH is 1. The van der Waals surface area contributed by atoms with E-state index in [0.29, 0.717) is 12.0 Å². The average molecular weight is 313 g/mol. The summed E-state index contributed by atoms with van der Waals surface area (Å²) >= 11 is 0. The molecule has 6 heteroatoms. The van der Waals surface area contributed by atoms with Crippen molar-refractivity contribution < 1.29 is 18.3 Å². The summed E-state index contributed by atoms with van der Waals surface area (Å²) in [6.07, 6.45) is 0.734. The maximum Gasteiger partial charge on any atom is 0.240 e. The van der Waals surface area contributed by atoms with Crippen LogP contribution >= 0.6 is 0 Å². The zero-order valence-corrected chi connectivity index (χ0v) is 13.7. The number of hydrogen-bond acceptors (Lipinski definition) is 4. The lowest BCUT2D eigenvalue weighted by Crippen LogP contribution is -2.61. The van der Waals surface area contributed by atoms with Crippen LogP contribution in [0.25, 0.3) is 0 Å². The molecule has 1 aliphatic rings. The number of hydrogen-bond donors (Lipinski definition) is 2. The van der Waals surface area contributed by atoms with Crippen LogP contribution in [0.1, 0.15) is 31.4 Å². The summed E-state index contributed by atoms with van der Waals surface area (Å²) in [6, 6.07) is 4.66. The summed E-state index contributed by atoms with van der Waals surface area (Å²) in [5.41, 5.74) is 1.27. The molecule has 1 aromatic rings. The number of ether oxygens (including phenoxy) is 1. The quantitative estimate of drug-likeness (QED) is 0.865. The molecule has 5 nitrogen and oxygen atoms in total. The second-order valence-corrected chi connectivity index (χ2v) is 7.92. The highest BCUT2D eigenvalue weighted by Gasteiger charge is 2.50. The third kappa shape index (κ3) is 2.99. The molecule has 1 saturated carbocycles. The number of methoxy groups -OCH3 is 1. The van der Waals surface area contributed by atoms with Crippen molar-refractivity contribution in [1.82, 2.24) is 4.72 Å². The minimum atomic E-state index is -3.59. The van der Waals surface area contributed by atoms with Gasteiger partial charge in [-0.05, 0) is 36.6 Å². The molecule has 118 valence electrons. The van der Waals surface area contributed by atoms with Crippen LogP contribution < -0.4 is 4.72 Å². The number of rotatable bonds is 5. The lowest BCUT2D eigenvalue weighted by Gasteiger charge is -2.50. The van der Waals surface area contributed by atoms with Gasteiger partial charge in [-0.2, -0.15) is 0 Å². The Morgan fingerprint density at radius 3 is 2.62 bits per heavy atom. The summed E-state index contributed by atoms with van der Waals surface area (Å²) in [6.45, 7) is 5.65. The molecule has 2 atom stereocenters. The van der Waals surface area contributed by atoms with Gasteiger partial charge in [0.25, 0.3) is 0 Å². The van der Waals surface area contributed by atoms with Crippen LogP contribution in [0.5, 0.6) is 0 Å². The van der Waals surface area contributed by atoms with Gasteiger partial charge in [-0.15, -0.1) is 0 Å². The van der Waals surface area contributed by atoms with E-state index >= 15 is 0 Å². The normalized spacial score (nSPS) is 24.6. The van der Waals surface area contributed by atoms with Crippen molar-refractivity contribution in [1.29, 1.82) is 0 Å². The number of sulfonamides is 1. The summed E-state index contributed by atoms with van der Waals surface area (Å²) < 4.78 is 33.0. The first-order valence-corrected chi connectivity index (χ1v) is 8.46. The third-order valence-electron chi connectivity index (χ3n) is 4.56. The molecule has 0 heterocycles. The SMILES string of the molecule is COC1CC(NS(=O)(=O)c2ccc(C)c(CO)c2)C1(C)C. The standard InChI is InChI=1S/C15H23NO4S/c1-10-5-6-12(7-11(10)9-17)21(18,19)16-13-8-14(20-4)15(13,2)3/h5-7,13-14,16-17H,8-9H2,1-4H3. The van der Waals surface area contributed by atoms with Crippen molar-refractivity contribution in [3.8, 4) is 0 Å². The van der Waals surface area contributed by atoms with Crippen molar-refractivity contribution in [3.63, 3.8) is 0 Å². The van der Waals surface area contributed by atoms with E-state index in [9.17, 15) is 13.5 Å². The van der Waals surface area contributed by atoms with Gasteiger partial charge in [-0.1, -0.05) is 19.9 Å². The summed E-state index contributed by atoms with van der Waals surface area (Å²) in [7, 11) is -1.95. The van der Waals surface area contributed by atoms with E-state index in [-0.39, 0.29) is 29.1 Å². The lowest BCUT2D eigenvalue weighted by atomic mass is 9.65. The lowest BCUT2D eigenvalue weighted by molar-refractivity contribution is -0.0908. The van der Waals surface area contributed by atoms with E-state index in [1.807, 2.05) is 20.8 Å². The molecular formula is C15H23NO4S. The van der Waals surface area contributed by atoms with Crippen molar-refractivity contribution in [2.24, 2.45) is 5.41 Å². The van der Waals surface area contributed by atoms with Gasteiger partial charge in [-0.25, -0.2) is 13.1 Å². The van der Waals surface area contributed by atoms with Crippen LogP contribution in [0.4, 0.5) is 0 Å². The van der Waals surface area contributed by atoms with Gasteiger partial charge in [0.05, 0.1) is 17.6 Å². The van der Waals surface area contributed by atoms with E-state index in [0.717, 1.165) is 5.56 Å². The molecule has 1 aliphatic carbocycles. The predicted molar refractivity (Wildman–Crippen MR) is 80.4 cm³/mol. The van der Waals surface area contributed by atoms with Crippen LogP contribution in [0, 0.1) is 12.3 Å². The Morgan fingerprint density at radius 2 is 2.10 bits per heavy atom. The molecule has 2 rings (SSSR count). The molecule has 1 fully saturated rings. The second kappa shape index (κ2) is 5.68. The highest BCUT2D eigenvalue weighted by atomic mass is 32.2. The Balaban J connectivity index is 2.20. The smallest absolute Gasteiger partial charge is 0.240 e. The predicted octanol–water partition coefficient (Wildman–Crippen LogP) is 1.58. The maximum atomic E-state index is 12.5. The Labute approximate surface area is 126 Å². The summed E-state index contributed by atoms with van der Waals surface area (Å²) in [5.74, 6) is 0. The number of aliphatic hydroxyl groups is 1. The fourth-order valence-electron chi connectivity index (χ4n) is 2.73. The first-order valence-electron chi connectivity index (χ1n) is 6.98. The minimum Gasteiger partial charge on any atom is -0.392 e. The summed E-state index contributed by atoms with van der Waals surface area (Å²) in [5, 5.41) is 9.27. The molecule has 0 radical (unpaired) electrons. The van der Waals surface area contributed by atoms with Crippen molar-refractivity contribution in [3.05, 3.63) is 29.3 Å². The van der Waals surface area contributed by atoms with Gasteiger partial charge >= 0.3 is 0 Å². The Bertz CT molecular complexity index is 625. The van der Waals surface area contributed by atoms with Crippen molar-refractivity contribution in [2.75, 3.05) is 7.11 Å². The van der Waals surface area contributed by atoms with Gasteiger partial charge in [-0.3, -0.25) is 0 Å². The van der Waals surface area contributed by atoms with Gasteiger partial charge in [0, 0.05) is 18.6 Å². The number of aryl methyl sites for hydroxylation is 1. The van der Waals surface area contributed by atoms with Gasteiger partial charge in [0.2, 0.25) is 10.0 Å². The first kappa shape index (κ1) is 16.4. The van der Waals surface area contributed by atoms with E-state index in [4.69, 9.17) is 4.74 Å². The highest BCUT2D eigenvalue weighted by Crippen LogP contribution is 2.43. The Kier molecular flexibility index (Phi) is 4.44. The number of benzene rings is 1. The fourth-order valence-corrected chi connectivity index (χ4v) is 4.18. The van der Waals surface area contributed by atoms with E-state index < -0.39 is 10.0 Å². The Morgan fingerprint density at radius 1 is 1.43 bits per heavy atom. The topological polar surface area (TPSA) is 75.6 Å². The van der Waals surface area contributed by atoms with Gasteiger partial charge in [0.1, 0.15) is 0 Å². The molecule has 0 aromatic heterocycles. The largest absolute Gasteiger partial charge is 0.392 e. The molecule has 0 bridgehead atoms. The van der Waals surface area contributed by atoms with Crippen molar-refractivity contribution in [2.45, 2.75) is 50.8 Å². The molecule has 0 spiro atoms. The van der Waals surface area contributed by atoms with E-state index in [1.165, 1.54) is 6.07 Å². The zero-order chi connectivity index (χ0) is 15.8. The third-order valence-corrected chi connectivity index (χ3v) is 6.03.